The second kappa shape index (κ2) is 4.90. The van der Waals surface area contributed by atoms with Crippen LogP contribution in [-0.2, 0) is 4.74 Å². The molecule has 0 amide bonds. The highest BCUT2D eigenvalue weighted by Gasteiger charge is 2.38. The molecule has 108 valence electrons. The van der Waals surface area contributed by atoms with Crippen molar-refractivity contribution < 1.29 is 9.66 Å². The molecule has 7 heteroatoms. The van der Waals surface area contributed by atoms with E-state index >= 15 is 0 Å². The van der Waals surface area contributed by atoms with Gasteiger partial charge in [-0.1, -0.05) is 0 Å². The standard InChI is InChI=1S/C13H18N4O3/c1-8-6-16(7-11(20-8)9-2-3-9)12-5-4-10(14)13(15-12)17(18)19/h4-5,8-9,11H,2-3,6-7,14H2,1H3/t8-,11-/m0/s1. The van der Waals surface area contributed by atoms with Crippen molar-refractivity contribution in [2.24, 2.45) is 5.92 Å². The first-order chi connectivity index (χ1) is 9.54. The highest BCUT2D eigenvalue weighted by atomic mass is 16.6. The normalized spacial score (nSPS) is 26.6. The Hall–Kier alpha value is -1.89. The van der Waals surface area contributed by atoms with E-state index in [0.717, 1.165) is 6.54 Å². The fourth-order valence-corrected chi connectivity index (χ4v) is 2.67. The molecule has 2 atom stereocenters. The molecule has 1 saturated heterocycles. The monoisotopic (exact) mass is 278 g/mol. The van der Waals surface area contributed by atoms with Crippen LogP contribution in [0.4, 0.5) is 17.3 Å². The van der Waals surface area contributed by atoms with Gasteiger partial charge in [0.05, 0.1) is 12.2 Å². The molecule has 2 N–H and O–H groups in total. The SMILES string of the molecule is C[C@H]1CN(c2ccc(N)c([N+](=O)[O-])n2)C[C@@H](C2CC2)O1. The Bertz CT molecular complexity index is 532. The van der Waals surface area contributed by atoms with E-state index in [1.165, 1.54) is 12.8 Å². The summed E-state index contributed by atoms with van der Waals surface area (Å²) >= 11 is 0. The molecule has 0 spiro atoms. The second-order valence-electron chi connectivity index (χ2n) is 5.57. The summed E-state index contributed by atoms with van der Waals surface area (Å²) in [6.45, 7) is 3.45. The summed E-state index contributed by atoms with van der Waals surface area (Å²) in [5.74, 6) is 0.959. The van der Waals surface area contributed by atoms with Gasteiger partial charge in [0.2, 0.25) is 5.82 Å². The van der Waals surface area contributed by atoms with E-state index in [4.69, 9.17) is 10.5 Å². The van der Waals surface area contributed by atoms with E-state index in [-0.39, 0.29) is 23.7 Å². The first kappa shape index (κ1) is 13.1. The predicted molar refractivity (Wildman–Crippen MR) is 74.6 cm³/mol. The van der Waals surface area contributed by atoms with Gasteiger partial charge in [0.25, 0.3) is 0 Å². The lowest BCUT2D eigenvalue weighted by Crippen LogP contribution is -2.47. The lowest BCUT2D eigenvalue weighted by atomic mass is 10.1. The molecule has 7 nitrogen and oxygen atoms in total. The molecule has 1 aliphatic carbocycles. The van der Waals surface area contributed by atoms with Crippen LogP contribution in [0.2, 0.25) is 0 Å². The summed E-state index contributed by atoms with van der Waals surface area (Å²) in [4.78, 5) is 16.5. The van der Waals surface area contributed by atoms with E-state index in [0.29, 0.717) is 18.3 Å². The zero-order valence-electron chi connectivity index (χ0n) is 11.4. The number of hydrogen-bond donors (Lipinski definition) is 1. The summed E-state index contributed by atoms with van der Waals surface area (Å²) < 4.78 is 5.94. The minimum absolute atomic E-state index is 0.0961. The molecule has 2 heterocycles. The van der Waals surface area contributed by atoms with Crippen molar-refractivity contribution in [3.8, 4) is 0 Å². The highest BCUT2D eigenvalue weighted by molar-refractivity contribution is 5.58. The van der Waals surface area contributed by atoms with Crippen LogP contribution in [0.15, 0.2) is 12.1 Å². The minimum atomic E-state index is -0.541. The molecule has 2 fully saturated rings. The van der Waals surface area contributed by atoms with Gasteiger partial charge in [-0.15, -0.1) is 0 Å². The number of anilines is 2. The lowest BCUT2D eigenvalue weighted by molar-refractivity contribution is -0.388. The van der Waals surface area contributed by atoms with Gasteiger partial charge in [0, 0.05) is 19.2 Å². The van der Waals surface area contributed by atoms with E-state index in [9.17, 15) is 10.1 Å². The van der Waals surface area contributed by atoms with Crippen molar-refractivity contribution in [2.45, 2.75) is 32.0 Å². The Balaban J connectivity index is 1.83. The number of nitro groups is 1. The molecule has 0 unspecified atom stereocenters. The smallest absolute Gasteiger partial charge is 0.388 e. The van der Waals surface area contributed by atoms with Gasteiger partial charge in [0.15, 0.2) is 0 Å². The number of nitrogen functional groups attached to an aromatic ring is 1. The summed E-state index contributed by atoms with van der Waals surface area (Å²) in [6.07, 6.45) is 2.73. The molecular weight excluding hydrogens is 260 g/mol. The fraction of sp³-hybridized carbons (Fsp3) is 0.615. The van der Waals surface area contributed by atoms with E-state index in [1.54, 1.807) is 12.1 Å². The maximum Gasteiger partial charge on any atom is 0.388 e. The van der Waals surface area contributed by atoms with Gasteiger partial charge in [-0.2, -0.15) is 0 Å². The molecule has 20 heavy (non-hydrogen) atoms. The molecule has 1 aromatic rings. The van der Waals surface area contributed by atoms with Gasteiger partial charge in [-0.25, -0.2) is 0 Å². The molecular formula is C13H18N4O3. The first-order valence-corrected chi connectivity index (χ1v) is 6.86. The largest absolute Gasteiger partial charge is 0.392 e. The molecule has 1 aromatic heterocycles. The lowest BCUT2D eigenvalue weighted by Gasteiger charge is -2.36. The first-order valence-electron chi connectivity index (χ1n) is 6.86. The van der Waals surface area contributed by atoms with Crippen molar-refractivity contribution in [3.63, 3.8) is 0 Å². The van der Waals surface area contributed by atoms with Crippen LogP contribution in [0.5, 0.6) is 0 Å². The van der Waals surface area contributed by atoms with Gasteiger partial charge in [-0.3, -0.25) is 0 Å². The Morgan fingerprint density at radius 2 is 2.20 bits per heavy atom. The number of hydrogen-bond acceptors (Lipinski definition) is 6. The van der Waals surface area contributed by atoms with Crippen molar-refractivity contribution in [3.05, 3.63) is 22.2 Å². The van der Waals surface area contributed by atoms with E-state index in [2.05, 4.69) is 9.88 Å². The topological polar surface area (TPSA) is 94.5 Å². The number of rotatable bonds is 3. The molecule has 2 aliphatic rings. The van der Waals surface area contributed by atoms with E-state index in [1.807, 2.05) is 6.92 Å². The average Bonchev–Trinajstić information content (AvgIpc) is 3.22. The maximum absolute atomic E-state index is 10.9. The Morgan fingerprint density at radius 1 is 1.45 bits per heavy atom. The summed E-state index contributed by atoms with van der Waals surface area (Å²) in [6, 6.07) is 3.29. The van der Waals surface area contributed by atoms with Gasteiger partial charge < -0.3 is 25.5 Å². The summed E-state index contributed by atoms with van der Waals surface area (Å²) in [5.41, 5.74) is 5.68. The van der Waals surface area contributed by atoms with Crippen LogP contribution < -0.4 is 10.6 Å². The Morgan fingerprint density at radius 3 is 2.85 bits per heavy atom. The quantitative estimate of drug-likeness (QED) is 0.666. The van der Waals surface area contributed by atoms with E-state index < -0.39 is 4.92 Å². The summed E-state index contributed by atoms with van der Waals surface area (Å²) in [7, 11) is 0. The van der Waals surface area contributed by atoms with Crippen LogP contribution >= 0.6 is 0 Å². The molecule has 1 saturated carbocycles. The third kappa shape index (κ3) is 2.53. The van der Waals surface area contributed by atoms with Crippen LogP contribution in [0.1, 0.15) is 19.8 Å². The zero-order valence-corrected chi connectivity index (χ0v) is 11.4. The third-order valence-corrected chi connectivity index (χ3v) is 3.82. The minimum Gasteiger partial charge on any atom is -0.392 e. The van der Waals surface area contributed by atoms with Crippen LogP contribution in [0, 0.1) is 16.0 Å². The van der Waals surface area contributed by atoms with Crippen LogP contribution in [0.25, 0.3) is 0 Å². The molecule has 3 rings (SSSR count). The molecule has 0 radical (unpaired) electrons. The van der Waals surface area contributed by atoms with Crippen molar-refractivity contribution in [1.82, 2.24) is 4.98 Å². The number of morpholine rings is 1. The second-order valence-corrected chi connectivity index (χ2v) is 5.57. The number of aromatic nitrogens is 1. The van der Waals surface area contributed by atoms with Crippen molar-refractivity contribution >= 4 is 17.3 Å². The molecule has 0 aromatic carbocycles. The molecule has 1 aliphatic heterocycles. The number of ether oxygens (including phenoxy) is 1. The van der Waals surface area contributed by atoms with Crippen LogP contribution in [-0.4, -0.2) is 35.2 Å². The van der Waals surface area contributed by atoms with Crippen LogP contribution in [0.3, 0.4) is 0 Å². The number of pyridine rings is 1. The Kier molecular flexibility index (Phi) is 3.21. The Labute approximate surface area is 116 Å². The van der Waals surface area contributed by atoms with Gasteiger partial charge in [-0.05, 0) is 41.7 Å². The average molecular weight is 278 g/mol. The number of nitrogens with two attached hydrogens (primary N) is 1. The predicted octanol–water partition coefficient (Wildman–Crippen LogP) is 1.58. The van der Waals surface area contributed by atoms with Crippen molar-refractivity contribution in [2.75, 3.05) is 23.7 Å². The van der Waals surface area contributed by atoms with Crippen molar-refractivity contribution in [1.29, 1.82) is 0 Å². The third-order valence-electron chi connectivity index (χ3n) is 3.82. The number of nitrogens with zero attached hydrogens (tertiary/aromatic N) is 3. The van der Waals surface area contributed by atoms with Gasteiger partial charge in [0.1, 0.15) is 5.69 Å². The fourth-order valence-electron chi connectivity index (χ4n) is 2.67. The maximum atomic E-state index is 10.9. The molecule has 0 bridgehead atoms. The summed E-state index contributed by atoms with van der Waals surface area (Å²) in [5, 5.41) is 10.9. The zero-order chi connectivity index (χ0) is 14.3. The van der Waals surface area contributed by atoms with Gasteiger partial charge >= 0.3 is 5.82 Å². The highest BCUT2D eigenvalue weighted by Crippen LogP contribution is 2.37.